The van der Waals surface area contributed by atoms with Crippen molar-refractivity contribution < 1.29 is 12.6 Å². The summed E-state index contributed by atoms with van der Waals surface area (Å²) in [5.74, 6) is 0.847. The number of hydrogen-bond acceptors (Lipinski definition) is 5. The van der Waals surface area contributed by atoms with E-state index in [2.05, 4.69) is 8.91 Å². The van der Waals surface area contributed by atoms with Crippen LogP contribution in [0.15, 0.2) is 0 Å². The Balaban J connectivity index is 2.40. The van der Waals surface area contributed by atoms with E-state index < -0.39 is 10.3 Å². The molecule has 1 unspecified atom stereocenters. The Morgan fingerprint density at radius 3 is 2.92 bits per heavy atom. The van der Waals surface area contributed by atoms with Crippen LogP contribution in [0.25, 0.3) is 0 Å². The summed E-state index contributed by atoms with van der Waals surface area (Å²) >= 11 is 1.58. The van der Waals surface area contributed by atoms with Gasteiger partial charge in [-0.3, -0.25) is 8.91 Å². The first-order chi connectivity index (χ1) is 5.58. The lowest BCUT2D eigenvalue weighted by Crippen LogP contribution is -2.25. The van der Waals surface area contributed by atoms with Gasteiger partial charge in [-0.2, -0.15) is 8.42 Å². The maximum atomic E-state index is 10.5. The molecule has 0 aliphatic carbocycles. The van der Waals surface area contributed by atoms with Crippen molar-refractivity contribution in [1.29, 1.82) is 0 Å². The lowest BCUT2D eigenvalue weighted by molar-refractivity contribution is 0.199. The fourth-order valence-electron chi connectivity index (χ4n) is 0.985. The molecule has 0 spiro atoms. The molecule has 3 N–H and O–H groups in total. The lowest BCUT2D eigenvalue weighted by Gasteiger charge is -2.11. The van der Waals surface area contributed by atoms with Gasteiger partial charge in [-0.1, -0.05) is 11.9 Å². The molecule has 0 aromatic carbocycles. The number of rotatable bonds is 2. The summed E-state index contributed by atoms with van der Waals surface area (Å²) in [5.41, 5.74) is 0. The van der Waals surface area contributed by atoms with Crippen LogP contribution in [0.5, 0.6) is 0 Å². The van der Waals surface area contributed by atoms with Crippen LogP contribution in [0.2, 0.25) is 0 Å². The van der Waals surface area contributed by atoms with Crippen molar-refractivity contribution in [3.05, 3.63) is 0 Å². The second-order valence-corrected chi connectivity index (χ2v) is 4.69. The van der Waals surface area contributed by atoms with Gasteiger partial charge in [-0.05, 0) is 12.8 Å². The molecule has 5 nitrogen and oxygen atoms in total. The van der Waals surface area contributed by atoms with Crippen molar-refractivity contribution in [2.45, 2.75) is 18.9 Å². The van der Waals surface area contributed by atoms with E-state index in [9.17, 15) is 8.42 Å². The van der Waals surface area contributed by atoms with E-state index in [-0.39, 0.29) is 6.10 Å². The highest BCUT2D eigenvalue weighted by atomic mass is 32.2. The summed E-state index contributed by atoms with van der Waals surface area (Å²) in [6.07, 6.45) is 1.14. The van der Waals surface area contributed by atoms with E-state index in [4.69, 9.17) is 5.14 Å². The summed E-state index contributed by atoms with van der Waals surface area (Å²) in [5, 5.41) is 4.74. The van der Waals surface area contributed by atoms with Gasteiger partial charge in [0.15, 0.2) is 0 Å². The highest BCUT2D eigenvalue weighted by molar-refractivity contribution is 7.97. The number of hydrogen-bond donors (Lipinski definition) is 2. The SMILES string of the molecule is NS(=O)(=O)OC1CCNSCC1. The van der Waals surface area contributed by atoms with E-state index in [1.165, 1.54) is 0 Å². The second-order valence-electron chi connectivity index (χ2n) is 2.53. The fourth-order valence-corrected chi connectivity index (χ4v) is 2.34. The van der Waals surface area contributed by atoms with Crippen molar-refractivity contribution in [3.8, 4) is 0 Å². The van der Waals surface area contributed by atoms with Crippen LogP contribution in [-0.4, -0.2) is 26.8 Å². The van der Waals surface area contributed by atoms with Crippen LogP contribution in [-0.2, 0) is 14.5 Å². The molecule has 0 amide bonds. The maximum absolute atomic E-state index is 10.5. The monoisotopic (exact) mass is 212 g/mol. The van der Waals surface area contributed by atoms with Crippen LogP contribution in [0.3, 0.4) is 0 Å². The zero-order valence-electron chi connectivity index (χ0n) is 6.52. The molecule has 1 aliphatic heterocycles. The molecular weight excluding hydrogens is 200 g/mol. The predicted octanol–water partition coefficient (Wildman–Crippen LogP) is -0.393. The van der Waals surface area contributed by atoms with Gasteiger partial charge >= 0.3 is 10.3 Å². The van der Waals surface area contributed by atoms with E-state index in [1.807, 2.05) is 0 Å². The molecule has 1 atom stereocenters. The molecule has 72 valence electrons. The minimum atomic E-state index is -3.78. The van der Waals surface area contributed by atoms with Crippen molar-refractivity contribution in [3.63, 3.8) is 0 Å². The standard InChI is InChI=1S/C5H12N2O3S2/c6-12(8,9)10-5-1-3-7-11-4-2-5/h5,7H,1-4H2,(H2,6,8,9). The van der Waals surface area contributed by atoms with Crippen molar-refractivity contribution in [1.82, 2.24) is 4.72 Å². The first kappa shape index (κ1) is 10.3. The molecule has 1 fully saturated rings. The van der Waals surface area contributed by atoms with Gasteiger partial charge in [0.05, 0.1) is 6.10 Å². The third kappa shape index (κ3) is 4.27. The third-order valence-electron chi connectivity index (χ3n) is 1.48. The van der Waals surface area contributed by atoms with Gasteiger partial charge in [0.2, 0.25) is 0 Å². The molecule has 0 bridgehead atoms. The van der Waals surface area contributed by atoms with Crippen molar-refractivity contribution >= 4 is 22.3 Å². The minimum Gasteiger partial charge on any atom is -0.264 e. The van der Waals surface area contributed by atoms with Gasteiger partial charge in [0, 0.05) is 12.3 Å². The molecule has 0 aromatic heterocycles. The Labute approximate surface area is 76.4 Å². The first-order valence-corrected chi connectivity index (χ1v) is 6.09. The van der Waals surface area contributed by atoms with Gasteiger partial charge in [0.25, 0.3) is 0 Å². The van der Waals surface area contributed by atoms with Crippen LogP contribution in [0.1, 0.15) is 12.8 Å². The molecular formula is C5H12N2O3S2. The summed E-state index contributed by atoms with van der Waals surface area (Å²) in [6, 6.07) is 0. The molecule has 1 aliphatic rings. The van der Waals surface area contributed by atoms with Gasteiger partial charge in [0.1, 0.15) is 0 Å². The van der Waals surface area contributed by atoms with E-state index in [0.29, 0.717) is 12.8 Å². The Hall–Kier alpha value is 0.180. The lowest BCUT2D eigenvalue weighted by atomic mass is 10.2. The number of nitrogens with one attached hydrogen (secondary N) is 1. The average molecular weight is 212 g/mol. The first-order valence-electron chi connectivity index (χ1n) is 3.63. The minimum absolute atomic E-state index is 0.262. The summed E-state index contributed by atoms with van der Waals surface area (Å²) in [4.78, 5) is 0. The van der Waals surface area contributed by atoms with E-state index in [1.54, 1.807) is 11.9 Å². The summed E-state index contributed by atoms with van der Waals surface area (Å²) in [6.45, 7) is 0.755. The number of nitrogens with two attached hydrogens (primary N) is 1. The molecule has 1 saturated heterocycles. The normalized spacial score (nSPS) is 26.6. The third-order valence-corrected chi connectivity index (χ3v) is 2.87. The largest absolute Gasteiger partial charge is 0.333 e. The zero-order valence-corrected chi connectivity index (χ0v) is 8.16. The Morgan fingerprint density at radius 1 is 1.50 bits per heavy atom. The molecule has 0 radical (unpaired) electrons. The quantitative estimate of drug-likeness (QED) is 0.609. The smallest absolute Gasteiger partial charge is 0.264 e. The highest BCUT2D eigenvalue weighted by Gasteiger charge is 2.17. The summed E-state index contributed by atoms with van der Waals surface area (Å²) < 4.78 is 28.8. The van der Waals surface area contributed by atoms with Gasteiger partial charge in [-0.25, -0.2) is 5.14 Å². The van der Waals surface area contributed by atoms with Gasteiger partial charge in [-0.15, -0.1) is 0 Å². The van der Waals surface area contributed by atoms with Gasteiger partial charge < -0.3 is 0 Å². The maximum Gasteiger partial charge on any atom is 0.333 e. The van der Waals surface area contributed by atoms with Crippen LogP contribution in [0.4, 0.5) is 0 Å². The van der Waals surface area contributed by atoms with Crippen molar-refractivity contribution in [2.75, 3.05) is 12.3 Å². The Kier molecular flexibility index (Phi) is 3.78. The topological polar surface area (TPSA) is 81.4 Å². The fraction of sp³-hybridized carbons (Fsp3) is 1.00. The molecule has 0 saturated carbocycles. The predicted molar refractivity (Wildman–Crippen MR) is 47.7 cm³/mol. The van der Waals surface area contributed by atoms with Crippen LogP contribution >= 0.6 is 11.9 Å². The molecule has 12 heavy (non-hydrogen) atoms. The van der Waals surface area contributed by atoms with Crippen LogP contribution < -0.4 is 9.86 Å². The van der Waals surface area contributed by atoms with E-state index in [0.717, 1.165) is 12.3 Å². The Bertz CT molecular complexity index is 221. The molecule has 1 heterocycles. The van der Waals surface area contributed by atoms with Crippen LogP contribution in [0, 0.1) is 0 Å². The molecule has 7 heteroatoms. The average Bonchev–Trinajstić information content (AvgIpc) is 2.12. The zero-order chi connectivity index (χ0) is 9.03. The molecule has 1 rings (SSSR count). The molecule has 0 aromatic rings. The Morgan fingerprint density at radius 2 is 2.25 bits per heavy atom. The van der Waals surface area contributed by atoms with E-state index >= 15 is 0 Å². The van der Waals surface area contributed by atoms with Crippen molar-refractivity contribution in [2.24, 2.45) is 5.14 Å². The summed E-state index contributed by atoms with van der Waals surface area (Å²) in [7, 11) is -3.78. The second kappa shape index (κ2) is 4.43. The highest BCUT2D eigenvalue weighted by Crippen LogP contribution is 2.13.